The summed E-state index contributed by atoms with van der Waals surface area (Å²) in [5.74, 6) is -2.43. The van der Waals surface area contributed by atoms with Crippen LogP contribution in [0.1, 0.15) is 5.56 Å². The van der Waals surface area contributed by atoms with Gasteiger partial charge in [-0.15, -0.1) is 0 Å². The molecule has 0 saturated heterocycles. The van der Waals surface area contributed by atoms with Crippen LogP contribution in [0.3, 0.4) is 0 Å². The second-order valence-corrected chi connectivity index (χ2v) is 5.52. The summed E-state index contributed by atoms with van der Waals surface area (Å²) >= 11 is 0.547. The van der Waals surface area contributed by atoms with Gasteiger partial charge in [0, 0.05) is 28.1 Å². The maximum Gasteiger partial charge on any atom is 0.288 e. The molecule has 3 rings (SSSR count). The minimum absolute atomic E-state index is 0.526. The lowest BCUT2D eigenvalue weighted by Gasteiger charge is -2.10. The van der Waals surface area contributed by atoms with Gasteiger partial charge in [0.2, 0.25) is 0 Å². The molecule has 0 saturated carbocycles. The molecule has 1 heterocycles. The zero-order valence-electron chi connectivity index (χ0n) is 11.1. The maximum absolute atomic E-state index is 12.5. The molecule has 1 N–H and O–H groups in total. The highest BCUT2D eigenvalue weighted by Gasteiger charge is 2.10. The first-order chi connectivity index (χ1) is 10.2. The first-order valence-electron chi connectivity index (χ1n) is 6.47. The molecule has 108 valence electrons. The molecule has 0 radical (unpaired) electrons. The average Bonchev–Trinajstić information content (AvgIpc) is 2.89. The highest BCUT2D eigenvalue weighted by Crippen LogP contribution is 2.32. The Balaban J connectivity index is 1.79. The Labute approximate surface area is 125 Å². The number of benzene rings is 2. The van der Waals surface area contributed by atoms with Gasteiger partial charge in [0.15, 0.2) is 0 Å². The molecule has 0 unspecified atom stereocenters. The summed E-state index contributed by atoms with van der Waals surface area (Å²) in [6.45, 7) is 0.526. The highest BCUT2D eigenvalue weighted by molar-refractivity contribution is 7.99. The Morgan fingerprint density at radius 3 is 2.67 bits per heavy atom. The molecule has 0 aliphatic carbocycles. The number of halogens is 2. The minimum atomic E-state index is -2.43. The number of thioether (sulfide) groups is 1. The van der Waals surface area contributed by atoms with Crippen molar-refractivity contribution in [3.63, 3.8) is 0 Å². The van der Waals surface area contributed by atoms with Crippen molar-refractivity contribution in [3.8, 4) is 0 Å². The lowest BCUT2D eigenvalue weighted by Crippen LogP contribution is -2.00. The Morgan fingerprint density at radius 1 is 1.05 bits per heavy atom. The molecule has 0 fully saturated rings. The molecule has 0 spiro atoms. The van der Waals surface area contributed by atoms with Gasteiger partial charge in [0.25, 0.3) is 5.76 Å². The number of hydrogen-bond acceptors (Lipinski definition) is 3. The lowest BCUT2D eigenvalue weighted by atomic mass is 10.2. The second kappa shape index (κ2) is 6.18. The number of alkyl halides is 2. The van der Waals surface area contributed by atoms with Gasteiger partial charge in [0.05, 0.1) is 6.26 Å². The highest BCUT2D eigenvalue weighted by atomic mass is 32.2. The van der Waals surface area contributed by atoms with E-state index in [1.165, 1.54) is 0 Å². The van der Waals surface area contributed by atoms with Crippen LogP contribution in [0.5, 0.6) is 0 Å². The number of rotatable bonds is 5. The topological polar surface area (TPSA) is 25.2 Å². The fourth-order valence-electron chi connectivity index (χ4n) is 2.17. The lowest BCUT2D eigenvalue weighted by molar-refractivity contribution is 0.252. The van der Waals surface area contributed by atoms with Gasteiger partial charge in [-0.1, -0.05) is 42.1 Å². The van der Waals surface area contributed by atoms with Gasteiger partial charge in [0.1, 0.15) is 5.58 Å². The number of fused-ring (bicyclic) bond motifs is 1. The van der Waals surface area contributed by atoms with Gasteiger partial charge in [-0.25, -0.2) is 0 Å². The van der Waals surface area contributed by atoms with Gasteiger partial charge < -0.3 is 9.73 Å². The van der Waals surface area contributed by atoms with Crippen LogP contribution < -0.4 is 5.32 Å². The Bertz CT molecular complexity index is 742. The van der Waals surface area contributed by atoms with Crippen molar-refractivity contribution in [1.29, 1.82) is 0 Å². The molecule has 0 aliphatic heterocycles. The summed E-state index contributed by atoms with van der Waals surface area (Å²) in [6.07, 6.45) is 1.69. The first-order valence-corrected chi connectivity index (χ1v) is 7.35. The van der Waals surface area contributed by atoms with Crippen LogP contribution in [0, 0.1) is 0 Å². The minimum Gasteiger partial charge on any atom is -0.464 e. The van der Waals surface area contributed by atoms with E-state index in [2.05, 4.69) is 5.32 Å². The van der Waals surface area contributed by atoms with Crippen molar-refractivity contribution in [2.24, 2.45) is 0 Å². The van der Waals surface area contributed by atoms with Crippen LogP contribution in [0.4, 0.5) is 14.5 Å². The van der Waals surface area contributed by atoms with E-state index in [4.69, 9.17) is 4.42 Å². The van der Waals surface area contributed by atoms with Crippen LogP contribution in [0.15, 0.2) is 64.1 Å². The zero-order valence-corrected chi connectivity index (χ0v) is 11.9. The Morgan fingerprint density at radius 2 is 1.81 bits per heavy atom. The van der Waals surface area contributed by atoms with E-state index in [1.54, 1.807) is 24.5 Å². The molecule has 0 bridgehead atoms. The molecule has 21 heavy (non-hydrogen) atoms. The standard InChI is InChI=1S/C16H13F2NOS/c17-16(18)21-15-8-4-2-6-13(15)19-9-11-10-20-14-7-3-1-5-12(11)14/h1-8,10,16,19H,9H2. The third kappa shape index (κ3) is 3.19. The molecule has 0 atom stereocenters. The average molecular weight is 305 g/mol. The quantitative estimate of drug-likeness (QED) is 0.642. The van der Waals surface area contributed by atoms with E-state index >= 15 is 0 Å². The van der Waals surface area contributed by atoms with Crippen LogP contribution >= 0.6 is 11.8 Å². The SMILES string of the molecule is FC(F)Sc1ccccc1NCc1coc2ccccc12. The number of nitrogens with one attached hydrogen (secondary N) is 1. The van der Waals surface area contributed by atoms with E-state index in [1.807, 2.05) is 30.3 Å². The van der Waals surface area contributed by atoms with Crippen LogP contribution in [-0.4, -0.2) is 5.76 Å². The van der Waals surface area contributed by atoms with Crippen molar-refractivity contribution in [2.45, 2.75) is 17.2 Å². The van der Waals surface area contributed by atoms with Gasteiger partial charge in [-0.2, -0.15) is 8.78 Å². The van der Waals surface area contributed by atoms with Crippen molar-refractivity contribution in [2.75, 3.05) is 5.32 Å². The van der Waals surface area contributed by atoms with Crippen molar-refractivity contribution in [1.82, 2.24) is 0 Å². The van der Waals surface area contributed by atoms with Crippen LogP contribution in [0.2, 0.25) is 0 Å². The fraction of sp³-hybridized carbons (Fsp3) is 0.125. The van der Waals surface area contributed by atoms with E-state index in [9.17, 15) is 8.78 Å². The molecule has 1 aromatic heterocycles. The summed E-state index contributed by atoms with van der Waals surface area (Å²) in [5, 5.41) is 4.23. The van der Waals surface area contributed by atoms with Gasteiger partial charge >= 0.3 is 0 Å². The van der Waals surface area contributed by atoms with Gasteiger partial charge in [-0.3, -0.25) is 0 Å². The van der Waals surface area contributed by atoms with E-state index in [0.717, 1.165) is 16.5 Å². The summed E-state index contributed by atoms with van der Waals surface area (Å²) in [5.41, 5.74) is 2.53. The predicted octanol–water partition coefficient (Wildman–Crippen LogP) is 5.36. The number of hydrogen-bond donors (Lipinski definition) is 1. The summed E-state index contributed by atoms with van der Waals surface area (Å²) in [6, 6.07) is 14.8. The maximum atomic E-state index is 12.5. The smallest absolute Gasteiger partial charge is 0.288 e. The van der Waals surface area contributed by atoms with Crippen molar-refractivity contribution < 1.29 is 13.2 Å². The molecule has 0 aliphatic rings. The molecular formula is C16H13F2NOS. The number of para-hydroxylation sites is 2. The Kier molecular flexibility index (Phi) is 4.10. The van der Waals surface area contributed by atoms with Gasteiger partial charge in [-0.05, 0) is 18.2 Å². The van der Waals surface area contributed by atoms with Crippen LogP contribution in [0.25, 0.3) is 11.0 Å². The molecule has 0 amide bonds. The van der Waals surface area contributed by atoms with E-state index in [0.29, 0.717) is 28.9 Å². The number of furan rings is 1. The first kappa shape index (κ1) is 13.9. The number of anilines is 1. The van der Waals surface area contributed by atoms with Crippen LogP contribution in [-0.2, 0) is 6.54 Å². The van der Waals surface area contributed by atoms with Crippen molar-refractivity contribution in [3.05, 3.63) is 60.4 Å². The third-order valence-corrected chi connectivity index (χ3v) is 3.92. The van der Waals surface area contributed by atoms with E-state index in [-0.39, 0.29) is 0 Å². The predicted molar refractivity (Wildman–Crippen MR) is 81.8 cm³/mol. The normalized spacial score (nSPS) is 11.2. The van der Waals surface area contributed by atoms with E-state index < -0.39 is 5.76 Å². The largest absolute Gasteiger partial charge is 0.464 e. The zero-order chi connectivity index (χ0) is 14.7. The van der Waals surface area contributed by atoms with Crippen molar-refractivity contribution >= 4 is 28.4 Å². The molecule has 5 heteroatoms. The Hall–Kier alpha value is -2.01. The molecule has 3 aromatic rings. The third-order valence-electron chi connectivity index (χ3n) is 3.13. The summed E-state index contributed by atoms with van der Waals surface area (Å²) < 4.78 is 30.6. The monoisotopic (exact) mass is 305 g/mol. The molecule has 2 nitrogen and oxygen atoms in total. The second-order valence-electron chi connectivity index (χ2n) is 4.49. The summed E-state index contributed by atoms with van der Waals surface area (Å²) in [4.78, 5) is 0.542. The molecule has 2 aromatic carbocycles. The summed E-state index contributed by atoms with van der Waals surface area (Å²) in [7, 11) is 0. The molecular weight excluding hydrogens is 292 g/mol. The fourth-order valence-corrected chi connectivity index (χ4v) is 2.79.